The number of piperidine rings is 1. The van der Waals surface area contributed by atoms with E-state index in [-0.39, 0.29) is 22.6 Å². The number of carbonyl (C=O) groups is 1. The van der Waals surface area contributed by atoms with Gasteiger partial charge >= 0.3 is 5.97 Å². The number of aromatic nitrogens is 3. The van der Waals surface area contributed by atoms with Crippen molar-refractivity contribution in [2.24, 2.45) is 5.41 Å². The summed E-state index contributed by atoms with van der Waals surface area (Å²) >= 11 is 0. The first-order valence-corrected chi connectivity index (χ1v) is 15.0. The zero-order valence-electron chi connectivity index (χ0n) is 24.3. The highest BCUT2D eigenvalue weighted by molar-refractivity contribution is 5.91. The fourth-order valence-electron chi connectivity index (χ4n) is 6.48. The summed E-state index contributed by atoms with van der Waals surface area (Å²) in [6, 6.07) is 12.9. The van der Waals surface area contributed by atoms with Gasteiger partial charge in [-0.2, -0.15) is 5.26 Å². The number of likely N-dealkylation sites (tertiary alicyclic amines) is 1. The Hall–Kier alpha value is -4.69. The number of para-hydroxylation sites is 1. The maximum atomic E-state index is 15.3. The van der Waals surface area contributed by atoms with E-state index in [1.54, 1.807) is 18.2 Å². The summed E-state index contributed by atoms with van der Waals surface area (Å²) in [5, 5.41) is 18.6. The molecular weight excluding hydrogens is 583 g/mol. The molecule has 1 saturated heterocycles. The predicted molar refractivity (Wildman–Crippen MR) is 159 cm³/mol. The summed E-state index contributed by atoms with van der Waals surface area (Å²) in [7, 11) is 0. The van der Waals surface area contributed by atoms with Crippen LogP contribution in [0.5, 0.6) is 5.75 Å². The molecule has 1 aliphatic carbocycles. The largest absolute Gasteiger partial charge is 0.480 e. The van der Waals surface area contributed by atoms with Crippen molar-refractivity contribution in [2.75, 3.05) is 19.8 Å². The molecule has 2 aliphatic heterocycles. The molecule has 8 nitrogen and oxygen atoms in total. The molecule has 0 unspecified atom stereocenters. The molecule has 2 aromatic heterocycles. The van der Waals surface area contributed by atoms with Gasteiger partial charge in [0.15, 0.2) is 5.65 Å². The van der Waals surface area contributed by atoms with Crippen molar-refractivity contribution in [2.45, 2.75) is 50.8 Å². The normalized spacial score (nSPS) is 19.4. The Kier molecular flexibility index (Phi) is 7.32. The van der Waals surface area contributed by atoms with Crippen molar-refractivity contribution in [3.05, 3.63) is 94.2 Å². The monoisotopic (exact) mass is 613 g/mol. The summed E-state index contributed by atoms with van der Waals surface area (Å²) in [6.45, 7) is 1.90. The van der Waals surface area contributed by atoms with Crippen LogP contribution in [0.3, 0.4) is 0 Å². The van der Waals surface area contributed by atoms with E-state index in [4.69, 9.17) is 15.0 Å². The number of aromatic carboxylic acids is 1. The quantitative estimate of drug-likeness (QED) is 0.235. The minimum Gasteiger partial charge on any atom is -0.480 e. The van der Waals surface area contributed by atoms with E-state index in [0.717, 1.165) is 43.1 Å². The second kappa shape index (κ2) is 11.3. The number of rotatable bonds is 8. The highest BCUT2D eigenvalue weighted by Crippen LogP contribution is 2.48. The van der Waals surface area contributed by atoms with Gasteiger partial charge in [0.05, 0.1) is 41.5 Å². The number of ether oxygens (including phenoxy) is 1. The fourth-order valence-corrected chi connectivity index (χ4v) is 6.48. The number of halogens is 3. The minimum atomic E-state index is -1.08. The molecule has 230 valence electrons. The van der Waals surface area contributed by atoms with Crippen molar-refractivity contribution >= 4 is 23.0 Å². The average molecular weight is 614 g/mol. The number of hydrogen-bond donors (Lipinski definition) is 1. The second-order valence-corrected chi connectivity index (χ2v) is 12.3. The SMILES string of the molecule is N#Cc1ccc([C@@H]2C=C(F)c3cccc(C4CCN(Cc5nc6ncc(C(=O)O)cc6n5CC5(CF)CC5)CC4)c3O2)c(F)c1. The van der Waals surface area contributed by atoms with Gasteiger partial charge in [-0.05, 0) is 80.6 Å². The smallest absolute Gasteiger partial charge is 0.337 e. The number of benzene rings is 2. The van der Waals surface area contributed by atoms with E-state index in [0.29, 0.717) is 48.7 Å². The Labute approximate surface area is 257 Å². The van der Waals surface area contributed by atoms with Gasteiger partial charge < -0.3 is 14.4 Å². The van der Waals surface area contributed by atoms with E-state index in [1.165, 1.54) is 24.4 Å². The molecule has 0 spiro atoms. The Morgan fingerprint density at radius 1 is 1.13 bits per heavy atom. The van der Waals surface area contributed by atoms with Crippen molar-refractivity contribution in [3.63, 3.8) is 0 Å². The van der Waals surface area contributed by atoms with Gasteiger partial charge in [0.25, 0.3) is 0 Å². The highest BCUT2D eigenvalue weighted by atomic mass is 19.1. The summed E-state index contributed by atoms with van der Waals surface area (Å²) in [6.07, 6.45) is 4.66. The first-order valence-electron chi connectivity index (χ1n) is 15.0. The van der Waals surface area contributed by atoms with Crippen LogP contribution >= 0.6 is 0 Å². The highest BCUT2D eigenvalue weighted by Gasteiger charge is 2.44. The third-order valence-electron chi connectivity index (χ3n) is 9.34. The van der Waals surface area contributed by atoms with Gasteiger partial charge in [-0.1, -0.05) is 18.2 Å². The number of imidazole rings is 1. The van der Waals surface area contributed by atoms with Crippen molar-refractivity contribution in [1.82, 2.24) is 19.4 Å². The molecule has 7 rings (SSSR count). The third-order valence-corrected chi connectivity index (χ3v) is 9.34. The van der Waals surface area contributed by atoms with Crippen LogP contribution in [0.2, 0.25) is 0 Å². The molecule has 1 saturated carbocycles. The lowest BCUT2D eigenvalue weighted by Crippen LogP contribution is -2.34. The van der Waals surface area contributed by atoms with Crippen LogP contribution in [0.1, 0.15) is 76.1 Å². The number of alkyl halides is 1. The molecular formula is C34H30F3N5O3. The number of carboxylic acids is 1. The van der Waals surface area contributed by atoms with E-state index < -0.39 is 35.8 Å². The molecule has 2 aromatic carbocycles. The maximum absolute atomic E-state index is 15.3. The molecule has 45 heavy (non-hydrogen) atoms. The average Bonchev–Trinajstić information content (AvgIpc) is 3.75. The van der Waals surface area contributed by atoms with Gasteiger partial charge in [0, 0.05) is 23.7 Å². The lowest BCUT2D eigenvalue weighted by Gasteiger charge is -2.34. The number of hydrogen-bond acceptors (Lipinski definition) is 6. The Morgan fingerprint density at radius 3 is 2.62 bits per heavy atom. The van der Waals surface area contributed by atoms with Gasteiger partial charge in [0.2, 0.25) is 0 Å². The van der Waals surface area contributed by atoms with Crippen LogP contribution in [0.4, 0.5) is 13.2 Å². The number of pyridine rings is 1. The van der Waals surface area contributed by atoms with Crippen molar-refractivity contribution in [3.8, 4) is 11.8 Å². The van der Waals surface area contributed by atoms with Gasteiger partial charge in [-0.15, -0.1) is 0 Å². The summed E-state index contributed by atoms with van der Waals surface area (Å²) < 4.78 is 52.2. The molecule has 2 fully saturated rings. The topological polar surface area (TPSA) is 104 Å². The van der Waals surface area contributed by atoms with E-state index >= 15 is 4.39 Å². The predicted octanol–water partition coefficient (Wildman–Crippen LogP) is 6.71. The Bertz CT molecular complexity index is 1890. The lowest BCUT2D eigenvalue weighted by molar-refractivity contribution is 0.0696. The summed E-state index contributed by atoms with van der Waals surface area (Å²) in [4.78, 5) is 22.9. The molecule has 3 aliphatic rings. The summed E-state index contributed by atoms with van der Waals surface area (Å²) in [5.41, 5.74) is 2.19. The first kappa shape index (κ1) is 29.0. The maximum Gasteiger partial charge on any atom is 0.337 e. The molecule has 4 heterocycles. The zero-order chi connectivity index (χ0) is 31.3. The van der Waals surface area contributed by atoms with Crippen LogP contribution in [-0.2, 0) is 13.1 Å². The first-order chi connectivity index (χ1) is 21.8. The Morgan fingerprint density at radius 2 is 1.93 bits per heavy atom. The van der Waals surface area contributed by atoms with Crippen LogP contribution < -0.4 is 4.74 Å². The number of fused-ring (bicyclic) bond motifs is 2. The molecule has 4 aromatic rings. The van der Waals surface area contributed by atoms with Crippen LogP contribution in [0.25, 0.3) is 17.0 Å². The van der Waals surface area contributed by atoms with Crippen LogP contribution in [0, 0.1) is 22.6 Å². The molecule has 1 atom stereocenters. The van der Waals surface area contributed by atoms with Gasteiger partial charge in [0.1, 0.15) is 29.3 Å². The van der Waals surface area contributed by atoms with Crippen LogP contribution in [-0.4, -0.2) is 50.3 Å². The standard InChI is InChI=1S/C34H30F3N5O3/c35-18-34(8-9-34)19-42-28-13-22(33(43)44)16-39-32(28)40-30(42)17-41-10-6-21(7-11-41)23-2-1-3-25-27(37)14-29(45-31(23)25)24-5-4-20(15-38)12-26(24)36/h1-5,12-14,16,21,29H,6-11,17-19H2,(H,43,44)/t29-/m0/s1. The summed E-state index contributed by atoms with van der Waals surface area (Å²) in [5.74, 6) is -0.982. The molecule has 0 bridgehead atoms. The Balaban J connectivity index is 1.10. The molecule has 11 heteroatoms. The fraction of sp³-hybridized carbons (Fsp3) is 0.353. The van der Waals surface area contributed by atoms with E-state index in [9.17, 15) is 18.7 Å². The van der Waals surface area contributed by atoms with Gasteiger partial charge in [-0.25, -0.2) is 23.5 Å². The number of nitriles is 1. The second-order valence-electron chi connectivity index (χ2n) is 12.3. The molecule has 1 N–H and O–H groups in total. The van der Waals surface area contributed by atoms with E-state index in [1.807, 2.05) is 16.7 Å². The van der Waals surface area contributed by atoms with Crippen molar-refractivity contribution in [1.29, 1.82) is 5.26 Å². The van der Waals surface area contributed by atoms with Gasteiger partial charge in [-0.3, -0.25) is 9.29 Å². The molecule has 0 radical (unpaired) electrons. The molecule has 0 amide bonds. The minimum absolute atomic E-state index is 0.0602. The lowest BCUT2D eigenvalue weighted by atomic mass is 9.86. The van der Waals surface area contributed by atoms with E-state index in [2.05, 4.69) is 9.88 Å². The third kappa shape index (κ3) is 5.44. The number of nitrogens with zero attached hydrogens (tertiary/aromatic N) is 5. The van der Waals surface area contributed by atoms with Crippen molar-refractivity contribution < 1.29 is 27.8 Å². The zero-order valence-corrected chi connectivity index (χ0v) is 24.3. The van der Waals surface area contributed by atoms with Crippen LogP contribution in [0.15, 0.2) is 54.7 Å². The number of carboxylic acid groups (broad SMARTS) is 1.